The molecule has 0 aliphatic rings. The topological polar surface area (TPSA) is 0 Å². The largest absolute Gasteiger partial charge is 0 e. The molecule has 2 aromatic rings. The summed E-state index contributed by atoms with van der Waals surface area (Å²) in [6.45, 7) is 5.31. The van der Waals surface area contributed by atoms with Crippen molar-refractivity contribution in [1.29, 1.82) is 0 Å². The van der Waals surface area contributed by atoms with E-state index in [1.165, 1.54) is 10.6 Å². The second kappa shape index (κ2) is 5.01. The van der Waals surface area contributed by atoms with Gasteiger partial charge in [0, 0.05) is 19.5 Å². The summed E-state index contributed by atoms with van der Waals surface area (Å²) in [6, 6.07) is 21.7. The molecule has 2 rings (SSSR count). The Morgan fingerprint density at radius 1 is 0.588 bits per heavy atom. The summed E-state index contributed by atoms with van der Waals surface area (Å²) in [5.41, 5.74) is 0. The van der Waals surface area contributed by atoms with Gasteiger partial charge >= 0.3 is 97.9 Å². The minimum atomic E-state index is -1.93. The molecule has 0 aromatic heterocycles. The summed E-state index contributed by atoms with van der Waals surface area (Å²) in [6.07, 6.45) is 0. The molecule has 0 saturated carbocycles. The monoisotopic (exact) mass is 332 g/mol. The van der Waals surface area contributed by atoms with Gasteiger partial charge in [0.25, 0.3) is 0 Å². The molecule has 0 amide bonds. The van der Waals surface area contributed by atoms with Crippen LogP contribution in [0.3, 0.4) is 0 Å². The minimum absolute atomic E-state index is 0. The number of rotatable bonds is 2. The van der Waals surface area contributed by atoms with Crippen molar-refractivity contribution < 1.29 is 19.5 Å². The van der Waals surface area contributed by atoms with E-state index in [9.17, 15) is 0 Å². The van der Waals surface area contributed by atoms with Crippen molar-refractivity contribution in [2.24, 2.45) is 0 Å². The predicted octanol–water partition coefficient (Wildman–Crippen LogP) is 3.08. The van der Waals surface area contributed by atoms with E-state index in [0.717, 1.165) is 0 Å². The Morgan fingerprint density at radius 3 is 1.18 bits per heavy atom. The van der Waals surface area contributed by atoms with E-state index in [1.54, 1.807) is 0 Å². The van der Waals surface area contributed by atoms with Crippen LogP contribution in [0.5, 0.6) is 0 Å². The van der Waals surface area contributed by atoms with Crippen molar-refractivity contribution in [3.8, 4) is 0 Å². The molecule has 92 valence electrons. The molecule has 0 aliphatic heterocycles. The van der Waals surface area contributed by atoms with Crippen LogP contribution in [0.1, 0.15) is 0 Å². The molecule has 0 nitrogen and oxygen atoms in total. The Morgan fingerprint density at radius 2 is 0.882 bits per heavy atom. The van der Waals surface area contributed by atoms with Gasteiger partial charge in [0.2, 0.25) is 0 Å². The van der Waals surface area contributed by atoms with Gasteiger partial charge in [0.1, 0.15) is 0 Å². The van der Waals surface area contributed by atoms with E-state index >= 15 is 0 Å². The zero-order chi connectivity index (χ0) is 11.7. The van der Waals surface area contributed by atoms with Crippen molar-refractivity contribution in [1.82, 2.24) is 0 Å². The SMILES string of the molecule is CP(C)(C)(c1ccccc1)c1ccccc1.[Ru]. The maximum Gasteiger partial charge on any atom is 0 e. The van der Waals surface area contributed by atoms with Crippen molar-refractivity contribution in [3.63, 3.8) is 0 Å². The molecule has 0 aliphatic carbocycles. The van der Waals surface area contributed by atoms with E-state index in [0.29, 0.717) is 0 Å². The summed E-state index contributed by atoms with van der Waals surface area (Å²) in [7, 11) is 0. The minimum Gasteiger partial charge on any atom is 0 e. The fourth-order valence-corrected chi connectivity index (χ4v) is 4.78. The first-order valence-electron chi connectivity index (χ1n) is 5.61. The van der Waals surface area contributed by atoms with Crippen LogP contribution >= 0.6 is 6.60 Å². The second-order valence-electron chi connectivity index (χ2n) is 5.47. The zero-order valence-electron chi connectivity index (χ0n) is 10.6. The van der Waals surface area contributed by atoms with Crippen molar-refractivity contribution >= 4 is 17.2 Å². The maximum absolute atomic E-state index is 2.41. The van der Waals surface area contributed by atoms with Gasteiger partial charge in [-0.25, -0.2) is 0 Å². The fraction of sp³-hybridized carbons (Fsp3) is 0.200. The summed E-state index contributed by atoms with van der Waals surface area (Å²) >= 11 is 0. The van der Waals surface area contributed by atoms with Gasteiger partial charge in [-0.3, -0.25) is 0 Å². The van der Waals surface area contributed by atoms with E-state index in [2.05, 4.69) is 80.7 Å². The first-order valence-corrected chi connectivity index (χ1v) is 9.19. The molecule has 0 heterocycles. The summed E-state index contributed by atoms with van der Waals surface area (Å²) in [5, 5.41) is 2.94. The average molecular weight is 331 g/mol. The quantitative estimate of drug-likeness (QED) is 0.586. The zero-order valence-corrected chi connectivity index (χ0v) is 13.2. The van der Waals surface area contributed by atoms with Crippen molar-refractivity contribution in [2.45, 2.75) is 0 Å². The molecule has 0 bridgehead atoms. The summed E-state index contributed by atoms with van der Waals surface area (Å²) in [4.78, 5) is 0. The molecule has 0 N–H and O–H groups in total. The number of hydrogen-bond acceptors (Lipinski definition) is 0. The van der Waals surface area contributed by atoms with Crippen molar-refractivity contribution in [2.75, 3.05) is 20.0 Å². The van der Waals surface area contributed by atoms with Crippen molar-refractivity contribution in [3.05, 3.63) is 60.7 Å². The molecule has 0 unspecified atom stereocenters. The Labute approximate surface area is 117 Å². The third-order valence-corrected chi connectivity index (χ3v) is 7.53. The fourth-order valence-electron chi connectivity index (χ4n) is 2.05. The first-order chi connectivity index (χ1) is 7.49. The van der Waals surface area contributed by atoms with Crippen LogP contribution in [0, 0.1) is 0 Å². The molecular weight excluding hydrogens is 312 g/mol. The van der Waals surface area contributed by atoms with Crippen LogP contribution in [0.15, 0.2) is 60.7 Å². The predicted molar refractivity (Wildman–Crippen MR) is 76.8 cm³/mol. The number of benzene rings is 2. The average Bonchev–Trinajstić information content (AvgIpc) is 2.31. The summed E-state index contributed by atoms with van der Waals surface area (Å²) in [5.74, 6) is 0. The molecule has 0 radical (unpaired) electrons. The van der Waals surface area contributed by atoms with E-state index in [4.69, 9.17) is 0 Å². The van der Waals surface area contributed by atoms with Crippen LogP contribution in [0.2, 0.25) is 0 Å². The molecule has 0 fully saturated rings. The molecule has 2 aromatic carbocycles. The smallest absolute Gasteiger partial charge is 0 e. The van der Waals surface area contributed by atoms with Crippen LogP contribution in [-0.2, 0) is 19.5 Å². The molecule has 0 atom stereocenters. The van der Waals surface area contributed by atoms with Crippen LogP contribution < -0.4 is 10.6 Å². The molecule has 0 spiro atoms. The van der Waals surface area contributed by atoms with Crippen LogP contribution in [-0.4, -0.2) is 20.0 Å². The van der Waals surface area contributed by atoms with Gasteiger partial charge in [-0.2, -0.15) is 0 Å². The molecule has 17 heavy (non-hydrogen) atoms. The van der Waals surface area contributed by atoms with Gasteiger partial charge in [0.05, 0.1) is 0 Å². The Bertz CT molecular complexity index is 425. The van der Waals surface area contributed by atoms with Gasteiger partial charge in [0.15, 0.2) is 0 Å². The van der Waals surface area contributed by atoms with Crippen LogP contribution in [0.25, 0.3) is 0 Å². The molecular formula is C15H19PRu. The third-order valence-electron chi connectivity index (χ3n) is 3.32. The number of hydrogen-bond donors (Lipinski definition) is 0. The van der Waals surface area contributed by atoms with Gasteiger partial charge in [-0.15, -0.1) is 0 Å². The maximum atomic E-state index is 2.41. The Balaban J connectivity index is 0.00000144. The van der Waals surface area contributed by atoms with E-state index in [-0.39, 0.29) is 19.5 Å². The Hall–Kier alpha value is -0.507. The molecule has 0 saturated heterocycles. The van der Waals surface area contributed by atoms with Gasteiger partial charge < -0.3 is 0 Å². The standard InChI is InChI=1S/C15H19P.Ru/c1-16(2,3,14-10-6-4-7-11-14)15-12-8-5-9-13-15;/h4-13H,1-3H3;. The first kappa shape index (κ1) is 14.6. The second-order valence-corrected chi connectivity index (χ2v) is 12.1. The normalized spacial score (nSPS) is 13.2. The van der Waals surface area contributed by atoms with Gasteiger partial charge in [-0.05, 0) is 0 Å². The van der Waals surface area contributed by atoms with Gasteiger partial charge in [-0.1, -0.05) is 0 Å². The van der Waals surface area contributed by atoms with E-state index in [1.807, 2.05) is 0 Å². The Kier molecular flexibility index (Phi) is 4.29. The summed E-state index contributed by atoms with van der Waals surface area (Å²) < 4.78 is 0. The van der Waals surface area contributed by atoms with E-state index < -0.39 is 6.60 Å². The molecule has 2 heteroatoms. The third kappa shape index (κ3) is 2.84. The van der Waals surface area contributed by atoms with Crippen LogP contribution in [0.4, 0.5) is 0 Å².